The molecule has 7 heteroatoms. The number of anilines is 2. The van der Waals surface area contributed by atoms with Crippen LogP contribution in [0.15, 0.2) is 60.9 Å². The number of nitrogens with zero attached hydrogens (tertiary/aromatic N) is 2. The van der Waals surface area contributed by atoms with E-state index in [-0.39, 0.29) is 11.6 Å². The summed E-state index contributed by atoms with van der Waals surface area (Å²) in [4.78, 5) is 20.7. The fourth-order valence-electron chi connectivity index (χ4n) is 2.64. The van der Waals surface area contributed by atoms with Gasteiger partial charge in [0.1, 0.15) is 29.3 Å². The second-order valence-corrected chi connectivity index (χ2v) is 5.97. The Bertz CT molecular complexity index is 929. The lowest BCUT2D eigenvalue weighted by Crippen LogP contribution is -2.15. The van der Waals surface area contributed by atoms with Crippen LogP contribution in [0.2, 0.25) is 0 Å². The second-order valence-electron chi connectivity index (χ2n) is 5.97. The van der Waals surface area contributed by atoms with Crippen LogP contribution in [0.25, 0.3) is 0 Å². The number of para-hydroxylation sites is 2. The highest BCUT2D eigenvalue weighted by Gasteiger charge is 2.11. The van der Waals surface area contributed by atoms with Gasteiger partial charge in [0.05, 0.1) is 19.9 Å². The van der Waals surface area contributed by atoms with Crippen LogP contribution in [0.3, 0.4) is 0 Å². The molecule has 28 heavy (non-hydrogen) atoms. The molecule has 0 fully saturated rings. The molecule has 7 nitrogen and oxygen atoms in total. The molecule has 3 rings (SSSR count). The summed E-state index contributed by atoms with van der Waals surface area (Å²) >= 11 is 0. The highest BCUT2D eigenvalue weighted by atomic mass is 16.5. The molecular formula is C21H22N4O3. The van der Waals surface area contributed by atoms with Gasteiger partial charge < -0.3 is 20.1 Å². The third kappa shape index (κ3) is 4.97. The quantitative estimate of drug-likeness (QED) is 0.625. The van der Waals surface area contributed by atoms with Gasteiger partial charge in [-0.15, -0.1) is 0 Å². The van der Waals surface area contributed by atoms with E-state index in [4.69, 9.17) is 9.47 Å². The Labute approximate surface area is 163 Å². The first-order valence-electron chi connectivity index (χ1n) is 8.83. The lowest BCUT2D eigenvalue weighted by Gasteiger charge is -2.10. The number of rotatable bonds is 8. The molecule has 0 unspecified atom stereocenters. The zero-order valence-electron chi connectivity index (χ0n) is 15.8. The largest absolute Gasteiger partial charge is 0.497 e. The van der Waals surface area contributed by atoms with Gasteiger partial charge in [-0.25, -0.2) is 9.97 Å². The molecule has 1 heterocycles. The molecule has 0 atom stereocenters. The number of methoxy groups -OCH3 is 2. The summed E-state index contributed by atoms with van der Waals surface area (Å²) < 4.78 is 10.4. The fourth-order valence-corrected chi connectivity index (χ4v) is 2.64. The summed E-state index contributed by atoms with van der Waals surface area (Å²) in [5.41, 5.74) is 2.03. The topological polar surface area (TPSA) is 85.4 Å². The van der Waals surface area contributed by atoms with Gasteiger partial charge in [-0.05, 0) is 36.2 Å². The van der Waals surface area contributed by atoms with E-state index in [0.29, 0.717) is 23.8 Å². The van der Waals surface area contributed by atoms with E-state index in [1.165, 1.54) is 11.9 Å². The summed E-state index contributed by atoms with van der Waals surface area (Å²) in [6.07, 6.45) is 2.18. The third-order valence-corrected chi connectivity index (χ3v) is 4.13. The number of carbonyl (C=O) groups excluding carboxylic acids is 1. The van der Waals surface area contributed by atoms with Crippen molar-refractivity contribution in [2.45, 2.75) is 6.42 Å². The zero-order valence-corrected chi connectivity index (χ0v) is 15.8. The van der Waals surface area contributed by atoms with E-state index >= 15 is 0 Å². The third-order valence-electron chi connectivity index (χ3n) is 4.13. The lowest BCUT2D eigenvalue weighted by atomic mass is 10.1. The van der Waals surface area contributed by atoms with Crippen LogP contribution in [0, 0.1) is 0 Å². The van der Waals surface area contributed by atoms with Gasteiger partial charge in [0, 0.05) is 12.6 Å². The van der Waals surface area contributed by atoms with Gasteiger partial charge in [-0.2, -0.15) is 0 Å². The molecular weight excluding hydrogens is 356 g/mol. The van der Waals surface area contributed by atoms with Crippen LogP contribution in [-0.4, -0.2) is 36.6 Å². The van der Waals surface area contributed by atoms with Gasteiger partial charge in [0.15, 0.2) is 0 Å². The number of nitrogens with one attached hydrogen (secondary N) is 2. The van der Waals surface area contributed by atoms with E-state index in [1.807, 2.05) is 36.4 Å². The molecule has 2 aromatic carbocycles. The Morgan fingerprint density at radius 1 is 1.00 bits per heavy atom. The Morgan fingerprint density at radius 2 is 1.79 bits per heavy atom. The summed E-state index contributed by atoms with van der Waals surface area (Å²) in [6, 6.07) is 16.7. The fraction of sp³-hybridized carbons (Fsp3) is 0.190. The summed E-state index contributed by atoms with van der Waals surface area (Å²) in [7, 11) is 3.20. The average Bonchev–Trinajstić information content (AvgIpc) is 2.75. The van der Waals surface area contributed by atoms with E-state index in [2.05, 4.69) is 20.6 Å². The Balaban J connectivity index is 1.59. The van der Waals surface area contributed by atoms with Crippen molar-refractivity contribution in [1.29, 1.82) is 0 Å². The first-order valence-corrected chi connectivity index (χ1v) is 8.83. The van der Waals surface area contributed by atoms with Crippen molar-refractivity contribution in [3.8, 4) is 11.5 Å². The Morgan fingerprint density at radius 3 is 2.54 bits per heavy atom. The Kier molecular flexibility index (Phi) is 6.41. The van der Waals surface area contributed by atoms with Crippen LogP contribution >= 0.6 is 0 Å². The predicted molar refractivity (Wildman–Crippen MR) is 108 cm³/mol. The number of hydrogen-bond acceptors (Lipinski definition) is 6. The minimum atomic E-state index is -0.329. The molecule has 1 aromatic heterocycles. The molecule has 0 aliphatic heterocycles. The molecule has 2 N–H and O–H groups in total. The first kappa shape index (κ1) is 19.2. The van der Waals surface area contributed by atoms with Crippen molar-refractivity contribution in [2.24, 2.45) is 0 Å². The van der Waals surface area contributed by atoms with Gasteiger partial charge in [-0.3, -0.25) is 4.79 Å². The summed E-state index contributed by atoms with van der Waals surface area (Å²) in [5, 5.41) is 6.02. The van der Waals surface area contributed by atoms with Gasteiger partial charge >= 0.3 is 0 Å². The number of amides is 1. The predicted octanol–water partition coefficient (Wildman–Crippen LogP) is 3.40. The smallest absolute Gasteiger partial charge is 0.274 e. The SMILES string of the molecule is COc1ccc(CCNc2cc(C(=O)Nc3ccccc3OC)ncn2)cc1. The van der Waals surface area contributed by atoms with Crippen LogP contribution in [-0.2, 0) is 6.42 Å². The molecule has 1 amide bonds. The molecule has 0 bridgehead atoms. The molecule has 0 saturated heterocycles. The number of aromatic nitrogens is 2. The number of ether oxygens (including phenoxy) is 2. The molecule has 0 saturated carbocycles. The van der Waals surface area contributed by atoms with Crippen LogP contribution in [0.4, 0.5) is 11.5 Å². The van der Waals surface area contributed by atoms with E-state index < -0.39 is 0 Å². The first-order chi connectivity index (χ1) is 13.7. The molecule has 0 aliphatic carbocycles. The molecule has 3 aromatic rings. The van der Waals surface area contributed by atoms with E-state index in [9.17, 15) is 4.79 Å². The van der Waals surface area contributed by atoms with Gasteiger partial charge in [-0.1, -0.05) is 24.3 Å². The van der Waals surface area contributed by atoms with Crippen molar-refractivity contribution >= 4 is 17.4 Å². The maximum Gasteiger partial charge on any atom is 0.274 e. The lowest BCUT2D eigenvalue weighted by molar-refractivity contribution is 0.102. The van der Waals surface area contributed by atoms with Crippen molar-refractivity contribution in [2.75, 3.05) is 31.4 Å². The molecule has 0 radical (unpaired) electrons. The number of hydrogen-bond donors (Lipinski definition) is 2. The van der Waals surface area contributed by atoms with E-state index in [1.54, 1.807) is 32.4 Å². The van der Waals surface area contributed by atoms with Gasteiger partial charge in [0.2, 0.25) is 0 Å². The number of carbonyl (C=O) groups is 1. The van der Waals surface area contributed by atoms with Crippen LogP contribution in [0.1, 0.15) is 16.1 Å². The number of benzene rings is 2. The van der Waals surface area contributed by atoms with Crippen molar-refractivity contribution in [3.05, 3.63) is 72.2 Å². The molecule has 144 valence electrons. The highest BCUT2D eigenvalue weighted by Crippen LogP contribution is 2.23. The minimum Gasteiger partial charge on any atom is -0.497 e. The summed E-state index contributed by atoms with van der Waals surface area (Å²) in [5.74, 6) is 1.68. The van der Waals surface area contributed by atoms with Gasteiger partial charge in [0.25, 0.3) is 5.91 Å². The minimum absolute atomic E-state index is 0.271. The Hall–Kier alpha value is -3.61. The van der Waals surface area contributed by atoms with Crippen molar-refractivity contribution in [3.63, 3.8) is 0 Å². The molecule has 0 spiro atoms. The average molecular weight is 378 g/mol. The maximum atomic E-state index is 12.5. The van der Waals surface area contributed by atoms with E-state index in [0.717, 1.165) is 12.2 Å². The standard InChI is InChI=1S/C21H22N4O3/c1-27-16-9-7-15(8-10-16)11-12-22-20-13-18(23-14-24-20)21(26)25-17-5-3-4-6-19(17)28-2/h3-10,13-14H,11-12H2,1-2H3,(H,25,26)(H,22,23,24). The van der Waals surface area contributed by atoms with Crippen LogP contribution < -0.4 is 20.1 Å². The monoisotopic (exact) mass is 378 g/mol. The van der Waals surface area contributed by atoms with Crippen LogP contribution in [0.5, 0.6) is 11.5 Å². The molecule has 0 aliphatic rings. The normalized spacial score (nSPS) is 10.2. The highest BCUT2D eigenvalue weighted by molar-refractivity contribution is 6.04. The van der Waals surface area contributed by atoms with Crippen molar-refractivity contribution in [1.82, 2.24) is 9.97 Å². The summed E-state index contributed by atoms with van der Waals surface area (Å²) in [6.45, 7) is 0.677. The zero-order chi connectivity index (χ0) is 19.8. The second kappa shape index (κ2) is 9.36. The van der Waals surface area contributed by atoms with Crippen molar-refractivity contribution < 1.29 is 14.3 Å². The maximum absolute atomic E-state index is 12.5.